The van der Waals surface area contributed by atoms with Gasteiger partial charge in [-0.05, 0) is 24.5 Å². The Morgan fingerprint density at radius 1 is 1.00 bits per heavy atom. The molecule has 5 heteroatoms. The molecule has 2 heterocycles. The van der Waals surface area contributed by atoms with Gasteiger partial charge in [0.25, 0.3) is 5.91 Å². The summed E-state index contributed by atoms with van der Waals surface area (Å²) >= 11 is 6.35. The van der Waals surface area contributed by atoms with Gasteiger partial charge in [-0.3, -0.25) is 4.79 Å². The lowest BCUT2D eigenvalue weighted by atomic mass is 10.0. The lowest BCUT2D eigenvalue weighted by Crippen LogP contribution is -2.30. The fourth-order valence-corrected chi connectivity index (χ4v) is 3.68. The highest BCUT2D eigenvalue weighted by molar-refractivity contribution is 6.31. The summed E-state index contributed by atoms with van der Waals surface area (Å²) in [5, 5.41) is 0.702. The van der Waals surface area contributed by atoms with E-state index >= 15 is 0 Å². The molecule has 3 aromatic rings. The van der Waals surface area contributed by atoms with Crippen LogP contribution in [0.4, 0.5) is 0 Å². The molecule has 4 rings (SSSR count). The Kier molecular flexibility index (Phi) is 4.67. The molecule has 0 unspecified atom stereocenters. The van der Waals surface area contributed by atoms with Gasteiger partial charge < -0.3 is 4.90 Å². The van der Waals surface area contributed by atoms with Crippen molar-refractivity contribution in [3.63, 3.8) is 0 Å². The average Bonchev–Trinajstić information content (AvgIpc) is 3.18. The number of hydrogen-bond acceptors (Lipinski definition) is 3. The SMILES string of the molecule is O=C(c1cnc(-c2ccccc2)nc1)N1CCC[C@@H]1c1ccccc1Cl. The van der Waals surface area contributed by atoms with Gasteiger partial charge in [-0.1, -0.05) is 60.1 Å². The molecule has 1 amide bonds. The molecule has 0 saturated carbocycles. The van der Waals surface area contributed by atoms with Gasteiger partial charge in [0.05, 0.1) is 11.6 Å². The van der Waals surface area contributed by atoms with Crippen LogP contribution in [0.3, 0.4) is 0 Å². The number of carbonyl (C=O) groups is 1. The van der Waals surface area contributed by atoms with Crippen molar-refractivity contribution in [3.05, 3.63) is 83.1 Å². The van der Waals surface area contributed by atoms with Gasteiger partial charge in [-0.2, -0.15) is 0 Å². The zero-order chi connectivity index (χ0) is 17.9. The first-order valence-electron chi connectivity index (χ1n) is 8.67. The monoisotopic (exact) mass is 363 g/mol. The topological polar surface area (TPSA) is 46.1 Å². The van der Waals surface area contributed by atoms with E-state index in [9.17, 15) is 4.79 Å². The van der Waals surface area contributed by atoms with Crippen LogP contribution in [0.15, 0.2) is 67.0 Å². The first kappa shape index (κ1) is 16.7. The molecule has 0 aliphatic carbocycles. The van der Waals surface area contributed by atoms with E-state index in [4.69, 9.17) is 11.6 Å². The number of rotatable bonds is 3. The van der Waals surface area contributed by atoms with Gasteiger partial charge in [0.15, 0.2) is 5.82 Å². The van der Waals surface area contributed by atoms with Gasteiger partial charge in [0, 0.05) is 29.5 Å². The number of amides is 1. The molecule has 130 valence electrons. The Hall–Kier alpha value is -2.72. The van der Waals surface area contributed by atoms with E-state index in [2.05, 4.69) is 9.97 Å². The van der Waals surface area contributed by atoms with Crippen LogP contribution in [0, 0.1) is 0 Å². The molecule has 0 bridgehead atoms. The largest absolute Gasteiger partial charge is 0.331 e. The van der Waals surface area contributed by atoms with E-state index in [1.54, 1.807) is 12.4 Å². The smallest absolute Gasteiger partial charge is 0.257 e. The summed E-state index contributed by atoms with van der Waals surface area (Å²) in [6.07, 6.45) is 5.10. The summed E-state index contributed by atoms with van der Waals surface area (Å²) in [7, 11) is 0. The average molecular weight is 364 g/mol. The molecule has 0 spiro atoms. The van der Waals surface area contributed by atoms with Crippen molar-refractivity contribution in [2.24, 2.45) is 0 Å². The Morgan fingerprint density at radius 3 is 2.42 bits per heavy atom. The predicted octanol–water partition coefficient (Wildman–Crippen LogP) is 4.77. The van der Waals surface area contributed by atoms with E-state index in [0.29, 0.717) is 16.4 Å². The fraction of sp³-hybridized carbons (Fsp3) is 0.190. The molecule has 1 fully saturated rings. The molecular formula is C21H18ClN3O. The molecular weight excluding hydrogens is 346 g/mol. The minimum absolute atomic E-state index is 0.00463. The van der Waals surface area contributed by atoms with Gasteiger partial charge in [0.1, 0.15) is 0 Å². The molecule has 1 saturated heterocycles. The van der Waals surface area contributed by atoms with Crippen LogP contribution in [0.5, 0.6) is 0 Å². The number of hydrogen-bond donors (Lipinski definition) is 0. The molecule has 1 aliphatic heterocycles. The van der Waals surface area contributed by atoms with Gasteiger partial charge >= 0.3 is 0 Å². The Morgan fingerprint density at radius 2 is 1.69 bits per heavy atom. The Balaban J connectivity index is 1.58. The summed E-state index contributed by atoms with van der Waals surface area (Å²) in [6, 6.07) is 17.5. The second-order valence-corrected chi connectivity index (χ2v) is 6.75. The second kappa shape index (κ2) is 7.26. The number of halogens is 1. The maximum absolute atomic E-state index is 13.0. The molecule has 1 atom stereocenters. The Bertz CT molecular complexity index is 912. The normalized spacial score (nSPS) is 16.7. The lowest BCUT2D eigenvalue weighted by Gasteiger charge is -2.25. The van der Waals surface area contributed by atoms with Crippen molar-refractivity contribution in [1.29, 1.82) is 0 Å². The van der Waals surface area contributed by atoms with Crippen LogP contribution in [0.1, 0.15) is 34.8 Å². The van der Waals surface area contributed by atoms with E-state index < -0.39 is 0 Å². The van der Waals surface area contributed by atoms with E-state index in [-0.39, 0.29) is 11.9 Å². The van der Waals surface area contributed by atoms with Crippen molar-refractivity contribution in [3.8, 4) is 11.4 Å². The third-order valence-corrected chi connectivity index (χ3v) is 5.05. The quantitative estimate of drug-likeness (QED) is 0.673. The minimum Gasteiger partial charge on any atom is -0.331 e. The van der Waals surface area contributed by atoms with Crippen molar-refractivity contribution < 1.29 is 4.79 Å². The first-order valence-corrected chi connectivity index (χ1v) is 9.05. The summed E-state index contributed by atoms with van der Waals surface area (Å²) in [5.74, 6) is 0.568. The predicted molar refractivity (Wildman–Crippen MR) is 102 cm³/mol. The summed E-state index contributed by atoms with van der Waals surface area (Å²) in [6.45, 7) is 0.717. The number of nitrogens with zero attached hydrogens (tertiary/aromatic N) is 3. The van der Waals surface area contributed by atoms with Gasteiger partial charge in [-0.15, -0.1) is 0 Å². The van der Waals surface area contributed by atoms with Gasteiger partial charge in [-0.25, -0.2) is 9.97 Å². The van der Waals surface area contributed by atoms with Crippen LogP contribution in [0.25, 0.3) is 11.4 Å². The summed E-state index contributed by atoms with van der Waals surface area (Å²) in [5.41, 5.74) is 2.44. The third kappa shape index (κ3) is 3.20. The molecule has 4 nitrogen and oxygen atoms in total. The lowest BCUT2D eigenvalue weighted by molar-refractivity contribution is 0.0735. The molecule has 2 aromatic carbocycles. The summed E-state index contributed by atoms with van der Waals surface area (Å²) in [4.78, 5) is 23.6. The van der Waals surface area contributed by atoms with E-state index in [1.807, 2.05) is 59.5 Å². The zero-order valence-electron chi connectivity index (χ0n) is 14.2. The number of carbonyl (C=O) groups excluding carboxylic acids is 1. The first-order chi connectivity index (χ1) is 12.7. The van der Waals surface area contributed by atoms with Crippen LogP contribution < -0.4 is 0 Å². The van der Waals surface area contributed by atoms with Crippen LogP contribution in [0.2, 0.25) is 5.02 Å². The van der Waals surface area contributed by atoms with E-state index in [1.165, 1.54) is 0 Å². The van der Waals surface area contributed by atoms with Crippen LogP contribution >= 0.6 is 11.6 Å². The van der Waals surface area contributed by atoms with Crippen molar-refractivity contribution >= 4 is 17.5 Å². The third-order valence-electron chi connectivity index (χ3n) is 4.71. The molecule has 1 aromatic heterocycles. The maximum atomic E-state index is 13.0. The van der Waals surface area contributed by atoms with Gasteiger partial charge in [0.2, 0.25) is 0 Å². The number of aromatic nitrogens is 2. The van der Waals surface area contributed by atoms with E-state index in [0.717, 1.165) is 30.5 Å². The second-order valence-electron chi connectivity index (χ2n) is 6.34. The Labute approximate surface area is 157 Å². The number of benzene rings is 2. The highest BCUT2D eigenvalue weighted by Gasteiger charge is 2.32. The summed E-state index contributed by atoms with van der Waals surface area (Å²) < 4.78 is 0. The van der Waals surface area contributed by atoms with Crippen LogP contribution in [-0.4, -0.2) is 27.3 Å². The van der Waals surface area contributed by atoms with Crippen molar-refractivity contribution in [2.45, 2.75) is 18.9 Å². The van der Waals surface area contributed by atoms with Crippen molar-refractivity contribution in [2.75, 3.05) is 6.54 Å². The highest BCUT2D eigenvalue weighted by atomic mass is 35.5. The molecule has 1 aliphatic rings. The maximum Gasteiger partial charge on any atom is 0.257 e. The fourth-order valence-electron chi connectivity index (χ4n) is 3.42. The van der Waals surface area contributed by atoms with Crippen molar-refractivity contribution in [1.82, 2.24) is 14.9 Å². The minimum atomic E-state index is -0.0490. The molecule has 0 radical (unpaired) electrons. The number of likely N-dealkylation sites (tertiary alicyclic amines) is 1. The highest BCUT2D eigenvalue weighted by Crippen LogP contribution is 2.36. The zero-order valence-corrected chi connectivity index (χ0v) is 14.9. The standard InChI is InChI=1S/C21H18ClN3O/c22-18-10-5-4-9-17(18)19-11-6-12-25(19)21(26)16-13-23-20(24-14-16)15-7-2-1-3-8-15/h1-5,7-10,13-14,19H,6,11-12H2/t19-/m1/s1. The molecule has 0 N–H and O–H groups in total. The van der Waals surface area contributed by atoms with Crippen LogP contribution in [-0.2, 0) is 0 Å². The molecule has 26 heavy (non-hydrogen) atoms.